The van der Waals surface area contributed by atoms with E-state index in [-0.39, 0.29) is 16.9 Å². The van der Waals surface area contributed by atoms with Crippen LogP contribution in [0.2, 0.25) is 0 Å². The van der Waals surface area contributed by atoms with Crippen LogP contribution in [0.5, 0.6) is 11.5 Å². The first-order valence-electron chi connectivity index (χ1n) is 7.97. The van der Waals surface area contributed by atoms with Gasteiger partial charge in [-0.25, -0.2) is 0 Å². The Morgan fingerprint density at radius 1 is 0.783 bits per heavy atom. The Morgan fingerprint density at radius 3 is 1.35 bits per heavy atom. The van der Waals surface area contributed by atoms with Crippen molar-refractivity contribution < 1.29 is 15.3 Å². The topological polar surface area (TPSA) is 60.7 Å². The molecule has 2 aromatic rings. The van der Waals surface area contributed by atoms with E-state index in [0.29, 0.717) is 12.5 Å². The summed E-state index contributed by atoms with van der Waals surface area (Å²) in [5.74, 6) is 1.19. The molecule has 2 aromatic carbocycles. The van der Waals surface area contributed by atoms with Crippen LogP contribution in [-0.2, 0) is 5.41 Å². The van der Waals surface area contributed by atoms with Crippen molar-refractivity contribution in [1.29, 1.82) is 0 Å². The fraction of sp³-hybridized carbons (Fsp3) is 0.400. The molecule has 3 heteroatoms. The summed E-state index contributed by atoms with van der Waals surface area (Å²) < 4.78 is 0. The molecule has 0 fully saturated rings. The third-order valence-electron chi connectivity index (χ3n) is 3.88. The van der Waals surface area contributed by atoms with E-state index in [0.717, 1.165) is 17.5 Å². The summed E-state index contributed by atoms with van der Waals surface area (Å²) in [6.07, 6.45) is 0.931. The molecule has 0 saturated carbocycles. The quantitative estimate of drug-likeness (QED) is 0.781. The molecule has 0 aliphatic rings. The molecule has 0 amide bonds. The number of hydrogen-bond donors (Lipinski definition) is 3. The van der Waals surface area contributed by atoms with Gasteiger partial charge in [0.05, 0.1) is 0 Å². The minimum Gasteiger partial charge on any atom is -0.508 e. The van der Waals surface area contributed by atoms with Crippen molar-refractivity contribution in [1.82, 2.24) is 0 Å². The Balaban J connectivity index is 0.000000379. The molecule has 0 aliphatic carbocycles. The van der Waals surface area contributed by atoms with Crippen LogP contribution in [0.3, 0.4) is 0 Å². The zero-order valence-electron chi connectivity index (χ0n) is 14.5. The van der Waals surface area contributed by atoms with Gasteiger partial charge in [-0.1, -0.05) is 52.0 Å². The van der Waals surface area contributed by atoms with E-state index >= 15 is 0 Å². The van der Waals surface area contributed by atoms with Crippen molar-refractivity contribution in [2.45, 2.75) is 39.5 Å². The molecule has 23 heavy (non-hydrogen) atoms. The molecule has 0 saturated heterocycles. The van der Waals surface area contributed by atoms with Crippen molar-refractivity contribution in [2.24, 2.45) is 5.92 Å². The van der Waals surface area contributed by atoms with Crippen LogP contribution in [0.15, 0.2) is 48.5 Å². The molecule has 3 N–H and O–H groups in total. The monoisotopic (exact) mass is 316 g/mol. The Morgan fingerprint density at radius 2 is 1.13 bits per heavy atom. The van der Waals surface area contributed by atoms with E-state index < -0.39 is 0 Å². The largest absolute Gasteiger partial charge is 0.508 e. The lowest BCUT2D eigenvalue weighted by Gasteiger charge is -2.26. The highest BCUT2D eigenvalue weighted by molar-refractivity contribution is 5.41. The van der Waals surface area contributed by atoms with Gasteiger partial charge >= 0.3 is 0 Å². The maximum absolute atomic E-state index is 9.30. The number of phenolic OH excluding ortho intramolecular Hbond substituents is 2. The number of hydrogen-bond acceptors (Lipinski definition) is 3. The zero-order valence-corrected chi connectivity index (χ0v) is 14.5. The second-order valence-corrected chi connectivity index (χ2v) is 6.62. The Hall–Kier alpha value is -2.00. The molecule has 0 aliphatic heterocycles. The van der Waals surface area contributed by atoms with Crippen molar-refractivity contribution in [3.05, 3.63) is 59.7 Å². The van der Waals surface area contributed by atoms with Crippen molar-refractivity contribution in [3.8, 4) is 11.5 Å². The summed E-state index contributed by atoms with van der Waals surface area (Å²) in [5, 5.41) is 26.8. The molecule has 2 rings (SSSR count). The lowest BCUT2D eigenvalue weighted by atomic mass is 9.78. The average Bonchev–Trinajstić information content (AvgIpc) is 2.48. The van der Waals surface area contributed by atoms with Crippen LogP contribution in [0, 0.1) is 5.92 Å². The molecule has 0 heterocycles. The minimum absolute atomic E-state index is 0.151. The number of rotatable bonds is 4. The van der Waals surface area contributed by atoms with Crippen LogP contribution in [0.25, 0.3) is 0 Å². The summed E-state index contributed by atoms with van der Waals surface area (Å²) in [6, 6.07) is 14.4. The fourth-order valence-electron chi connectivity index (χ4n) is 2.18. The number of benzene rings is 2. The van der Waals surface area contributed by atoms with Gasteiger partial charge in [0, 0.05) is 12.0 Å². The van der Waals surface area contributed by atoms with Gasteiger partial charge < -0.3 is 15.3 Å². The Labute approximate surface area is 139 Å². The predicted octanol–water partition coefficient (Wildman–Crippen LogP) is 4.45. The number of aliphatic hydroxyl groups is 1. The van der Waals surface area contributed by atoms with E-state index in [2.05, 4.69) is 27.7 Å². The van der Waals surface area contributed by atoms with E-state index in [1.165, 1.54) is 0 Å². The molecular formula is C20H28O3. The lowest BCUT2D eigenvalue weighted by molar-refractivity contribution is 0.268. The Bertz CT molecular complexity index is 521. The number of aliphatic hydroxyl groups excluding tert-OH is 1. The first kappa shape index (κ1) is 19.0. The highest BCUT2D eigenvalue weighted by atomic mass is 16.3. The Kier molecular flexibility index (Phi) is 7.11. The van der Waals surface area contributed by atoms with Crippen molar-refractivity contribution in [3.63, 3.8) is 0 Å². The first-order chi connectivity index (χ1) is 10.8. The summed E-state index contributed by atoms with van der Waals surface area (Å²) in [6.45, 7) is 8.75. The minimum atomic E-state index is -0.151. The number of aromatic hydroxyl groups is 2. The summed E-state index contributed by atoms with van der Waals surface area (Å²) >= 11 is 0. The zero-order chi connectivity index (χ0) is 17.5. The van der Waals surface area contributed by atoms with Gasteiger partial charge in [-0.2, -0.15) is 0 Å². The lowest BCUT2D eigenvalue weighted by Crippen LogP contribution is -2.18. The van der Waals surface area contributed by atoms with Gasteiger partial charge in [-0.15, -0.1) is 0 Å². The molecule has 0 bridgehead atoms. The van der Waals surface area contributed by atoms with Crippen LogP contribution >= 0.6 is 0 Å². The molecule has 126 valence electrons. The molecule has 0 aromatic heterocycles. The molecule has 0 radical (unpaired) electrons. The van der Waals surface area contributed by atoms with Gasteiger partial charge in [-0.3, -0.25) is 0 Å². The van der Waals surface area contributed by atoms with E-state index in [1.54, 1.807) is 24.3 Å². The second kappa shape index (κ2) is 8.59. The SMILES string of the molecule is CC(C)(c1ccc(O)cc1)c1ccc(O)cc1.CC(C)CCO. The van der Waals surface area contributed by atoms with Gasteiger partial charge in [-0.05, 0) is 47.7 Å². The molecule has 0 unspecified atom stereocenters. The van der Waals surface area contributed by atoms with Crippen LogP contribution in [0.4, 0.5) is 0 Å². The van der Waals surface area contributed by atoms with E-state index in [9.17, 15) is 10.2 Å². The normalized spacial score (nSPS) is 11.0. The average molecular weight is 316 g/mol. The smallest absolute Gasteiger partial charge is 0.115 e. The van der Waals surface area contributed by atoms with Crippen LogP contribution < -0.4 is 0 Å². The van der Waals surface area contributed by atoms with E-state index in [4.69, 9.17) is 5.11 Å². The van der Waals surface area contributed by atoms with Gasteiger partial charge in [0.1, 0.15) is 11.5 Å². The standard InChI is InChI=1S/C15H16O2.C5H12O/c1-15(2,11-3-7-13(16)8-4-11)12-5-9-14(17)10-6-12;1-5(2)3-4-6/h3-10,16-17H,1-2H3;5-6H,3-4H2,1-2H3. The molecule has 0 atom stereocenters. The summed E-state index contributed by atoms with van der Waals surface area (Å²) in [5.41, 5.74) is 2.10. The van der Waals surface area contributed by atoms with Crippen LogP contribution in [0.1, 0.15) is 45.2 Å². The molecular weight excluding hydrogens is 288 g/mol. The van der Waals surface area contributed by atoms with Crippen molar-refractivity contribution >= 4 is 0 Å². The highest BCUT2D eigenvalue weighted by Gasteiger charge is 2.22. The third kappa shape index (κ3) is 5.95. The molecule has 3 nitrogen and oxygen atoms in total. The van der Waals surface area contributed by atoms with Gasteiger partial charge in [0.2, 0.25) is 0 Å². The summed E-state index contributed by atoms with van der Waals surface area (Å²) in [4.78, 5) is 0. The predicted molar refractivity (Wildman–Crippen MR) is 94.9 cm³/mol. The maximum Gasteiger partial charge on any atom is 0.115 e. The highest BCUT2D eigenvalue weighted by Crippen LogP contribution is 2.32. The fourth-order valence-corrected chi connectivity index (χ4v) is 2.18. The second-order valence-electron chi connectivity index (χ2n) is 6.62. The van der Waals surface area contributed by atoms with Crippen LogP contribution in [-0.4, -0.2) is 21.9 Å². The number of phenols is 2. The van der Waals surface area contributed by atoms with Gasteiger partial charge in [0.25, 0.3) is 0 Å². The third-order valence-corrected chi connectivity index (χ3v) is 3.88. The summed E-state index contributed by atoms with van der Waals surface area (Å²) in [7, 11) is 0. The molecule has 0 spiro atoms. The van der Waals surface area contributed by atoms with Gasteiger partial charge in [0.15, 0.2) is 0 Å². The van der Waals surface area contributed by atoms with Crippen molar-refractivity contribution in [2.75, 3.05) is 6.61 Å². The van der Waals surface area contributed by atoms with E-state index in [1.807, 2.05) is 24.3 Å². The first-order valence-corrected chi connectivity index (χ1v) is 7.97. The maximum atomic E-state index is 9.30.